The predicted molar refractivity (Wildman–Crippen MR) is 267 cm³/mol. The number of rotatable bonds is 22. The smallest absolute Gasteiger partial charge is 0.329 e. The number of amides is 5. The van der Waals surface area contributed by atoms with Crippen LogP contribution in [0, 0.1) is 15.4 Å². The first kappa shape index (κ1) is 54.5. The third-order valence-corrected chi connectivity index (χ3v) is 12.2. The van der Waals surface area contributed by atoms with Crippen molar-refractivity contribution in [2.24, 2.45) is 17.6 Å². The Morgan fingerprint density at radius 1 is 0.687 bits per heavy atom. The summed E-state index contributed by atoms with van der Waals surface area (Å²) in [6.07, 6.45) is 4.46. The fraction of sp³-hybridized carbons (Fsp3) is 0.549. The van der Waals surface area contributed by atoms with Crippen molar-refractivity contribution in [1.29, 1.82) is 0 Å². The summed E-state index contributed by atoms with van der Waals surface area (Å²) in [5.41, 5.74) is 6.54. The molecule has 67 heavy (non-hydrogen) atoms. The van der Waals surface area contributed by atoms with E-state index >= 15 is 0 Å². The van der Waals surface area contributed by atoms with Crippen LogP contribution >= 0.6 is 22.6 Å². The molecule has 0 aliphatic heterocycles. The Morgan fingerprint density at radius 2 is 1.31 bits per heavy atom. The highest BCUT2D eigenvalue weighted by Gasteiger charge is 2.32. The summed E-state index contributed by atoms with van der Waals surface area (Å²) in [6, 6.07) is 17.5. The highest BCUT2D eigenvalue weighted by molar-refractivity contribution is 14.1. The van der Waals surface area contributed by atoms with Crippen LogP contribution < -0.4 is 32.3 Å². The maximum Gasteiger partial charge on any atom is 0.329 e. The van der Waals surface area contributed by atoms with Crippen LogP contribution in [0.15, 0.2) is 66.7 Å². The number of Topliss-reactive ketones (excluding diaryl/α,β-unsaturated/α-hetero) is 1. The van der Waals surface area contributed by atoms with Crippen LogP contribution in [-0.2, 0) is 51.1 Å². The third kappa shape index (κ3) is 20.0. The van der Waals surface area contributed by atoms with Crippen molar-refractivity contribution in [3.05, 3.63) is 81.4 Å². The highest BCUT2D eigenvalue weighted by Crippen LogP contribution is 2.29. The summed E-state index contributed by atoms with van der Waals surface area (Å²) >= 11 is 2.24. The van der Waals surface area contributed by atoms with E-state index in [2.05, 4.69) is 49.2 Å². The van der Waals surface area contributed by atoms with E-state index in [0.717, 1.165) is 38.3 Å². The van der Waals surface area contributed by atoms with Gasteiger partial charge >= 0.3 is 18.0 Å². The van der Waals surface area contributed by atoms with Crippen molar-refractivity contribution in [3.63, 3.8) is 0 Å². The predicted octanol–water partition coefficient (Wildman–Crippen LogP) is 6.34. The van der Waals surface area contributed by atoms with Gasteiger partial charge in [0.15, 0.2) is 5.78 Å². The average Bonchev–Trinajstić information content (AvgIpc) is 3.25. The molecule has 4 atom stereocenters. The quantitative estimate of drug-likeness (QED) is 0.0372. The van der Waals surface area contributed by atoms with Gasteiger partial charge in [-0.3, -0.25) is 24.0 Å². The van der Waals surface area contributed by atoms with E-state index in [4.69, 9.17) is 15.2 Å². The van der Waals surface area contributed by atoms with Gasteiger partial charge in [0.1, 0.15) is 23.3 Å². The summed E-state index contributed by atoms with van der Waals surface area (Å²) < 4.78 is 12.0. The molecule has 0 unspecified atom stereocenters. The maximum atomic E-state index is 13.8. The van der Waals surface area contributed by atoms with Gasteiger partial charge in [-0.2, -0.15) is 0 Å². The lowest BCUT2D eigenvalue weighted by molar-refractivity contribution is -0.158. The van der Waals surface area contributed by atoms with Gasteiger partial charge in [-0.1, -0.05) is 54.6 Å². The molecule has 1 saturated carbocycles. The molecule has 7 N–H and O–H groups in total. The molecule has 5 amide bonds. The zero-order valence-electron chi connectivity index (χ0n) is 40.1. The number of halogens is 1. The Bertz CT molecular complexity index is 2160. The SMILES string of the molecule is CC(=O)[C@H](CCCCNC(=O)[C@H](Cc1ccc2ccccc2c1)NC(=O)C1CCC(CNC(=O)[C@@H](N)Cc2ccc(I)cc2)CC1)NC(=O)N[C@@H](CCC(=O)OC(C)(C)C)C(=O)OC(C)(C)C. The van der Waals surface area contributed by atoms with Gasteiger partial charge in [-0.15, -0.1) is 0 Å². The van der Waals surface area contributed by atoms with Crippen molar-refractivity contribution in [2.45, 2.75) is 154 Å². The second-order valence-corrected chi connectivity index (χ2v) is 20.9. The number of ether oxygens (including phenoxy) is 2. The molecule has 15 nitrogen and oxygen atoms in total. The lowest BCUT2D eigenvalue weighted by Crippen LogP contribution is -2.52. The molecular formula is C51H71IN6O9. The van der Waals surface area contributed by atoms with E-state index in [1.165, 1.54) is 6.92 Å². The number of fused-ring (bicyclic) bond motifs is 1. The van der Waals surface area contributed by atoms with Gasteiger partial charge in [0.2, 0.25) is 17.7 Å². The first-order valence-electron chi connectivity index (χ1n) is 23.4. The number of urea groups is 1. The minimum atomic E-state index is -1.17. The number of nitrogens with two attached hydrogens (primary N) is 1. The number of carbonyl (C=O) groups excluding carboxylic acids is 7. The number of carbonyl (C=O) groups is 7. The number of hydrogen-bond donors (Lipinski definition) is 6. The average molecular weight is 1040 g/mol. The topological polar surface area (TPSA) is 224 Å². The van der Waals surface area contributed by atoms with Crippen LogP contribution in [0.1, 0.15) is 117 Å². The zero-order chi connectivity index (χ0) is 49.3. The summed E-state index contributed by atoms with van der Waals surface area (Å²) in [4.78, 5) is 91.5. The monoisotopic (exact) mass is 1040 g/mol. The summed E-state index contributed by atoms with van der Waals surface area (Å²) in [5.74, 6) is -2.33. The number of unbranched alkanes of at least 4 members (excludes halogenated alkanes) is 1. The first-order valence-corrected chi connectivity index (χ1v) is 24.5. The second-order valence-electron chi connectivity index (χ2n) is 19.6. The largest absolute Gasteiger partial charge is 0.460 e. The van der Waals surface area contributed by atoms with E-state index in [1.54, 1.807) is 41.5 Å². The van der Waals surface area contributed by atoms with Gasteiger partial charge < -0.3 is 41.8 Å². The van der Waals surface area contributed by atoms with Crippen molar-refractivity contribution in [3.8, 4) is 0 Å². The Kier molecular flexibility index (Phi) is 21.0. The van der Waals surface area contributed by atoms with Crippen LogP contribution in [0.5, 0.6) is 0 Å². The van der Waals surface area contributed by atoms with Crippen LogP contribution in [0.2, 0.25) is 0 Å². The van der Waals surface area contributed by atoms with E-state index < -0.39 is 53.3 Å². The molecule has 0 saturated heterocycles. The van der Waals surface area contributed by atoms with Gasteiger partial charge in [0.05, 0.1) is 12.1 Å². The molecule has 0 radical (unpaired) electrons. The molecule has 0 bridgehead atoms. The highest BCUT2D eigenvalue weighted by atomic mass is 127. The van der Waals surface area contributed by atoms with Gasteiger partial charge in [0, 0.05) is 35.4 Å². The van der Waals surface area contributed by atoms with Crippen molar-refractivity contribution < 1.29 is 43.0 Å². The van der Waals surface area contributed by atoms with E-state index in [-0.39, 0.29) is 67.6 Å². The van der Waals surface area contributed by atoms with Gasteiger partial charge in [-0.05, 0) is 169 Å². The number of ketones is 1. The lowest BCUT2D eigenvalue weighted by atomic mass is 9.81. The number of hydrogen-bond acceptors (Lipinski definition) is 10. The molecule has 0 spiro atoms. The summed E-state index contributed by atoms with van der Waals surface area (Å²) in [5, 5.41) is 16.3. The van der Waals surface area contributed by atoms with E-state index in [0.29, 0.717) is 38.6 Å². The van der Waals surface area contributed by atoms with Crippen LogP contribution in [0.3, 0.4) is 0 Å². The van der Waals surface area contributed by atoms with E-state index in [9.17, 15) is 33.6 Å². The fourth-order valence-corrected chi connectivity index (χ4v) is 8.25. The Morgan fingerprint density at radius 3 is 1.96 bits per heavy atom. The number of esters is 2. The van der Waals surface area contributed by atoms with Crippen molar-refractivity contribution in [2.75, 3.05) is 13.1 Å². The van der Waals surface area contributed by atoms with Crippen LogP contribution in [-0.4, -0.2) is 89.9 Å². The Labute approximate surface area is 409 Å². The minimum absolute atomic E-state index is 0.0716. The summed E-state index contributed by atoms with van der Waals surface area (Å²) in [6.45, 7) is 12.4. The molecule has 1 aliphatic carbocycles. The maximum absolute atomic E-state index is 13.8. The molecule has 1 fully saturated rings. The summed E-state index contributed by atoms with van der Waals surface area (Å²) in [7, 11) is 0. The molecule has 0 heterocycles. The molecule has 0 aromatic heterocycles. The Balaban J connectivity index is 1.29. The minimum Gasteiger partial charge on any atom is -0.460 e. The zero-order valence-corrected chi connectivity index (χ0v) is 42.3. The van der Waals surface area contributed by atoms with Gasteiger partial charge in [-0.25, -0.2) is 9.59 Å². The van der Waals surface area contributed by atoms with Gasteiger partial charge in [0.25, 0.3) is 0 Å². The fourth-order valence-electron chi connectivity index (χ4n) is 7.89. The van der Waals surface area contributed by atoms with Crippen LogP contribution in [0.4, 0.5) is 4.79 Å². The van der Waals surface area contributed by atoms with Crippen molar-refractivity contribution >= 4 is 74.8 Å². The molecule has 3 aromatic rings. The Hall–Kier alpha value is -5.10. The number of nitrogens with one attached hydrogen (secondary N) is 5. The van der Waals surface area contributed by atoms with E-state index in [1.807, 2.05) is 66.7 Å². The number of benzene rings is 3. The lowest BCUT2D eigenvalue weighted by Gasteiger charge is -2.29. The standard InChI is InChI=1S/C51H71IN6O9/c1-32(59)41(57-49(65)58-42(48(64)67-51(5,6)7)25-26-44(60)66-50(2,3)4)14-10-11-27-54-47(63)43(30-35-17-20-36-12-8-9-13-38(36)28-35)56-45(61)37-21-15-34(16-22-37)31-55-46(62)40(53)29-33-18-23-39(52)24-19-33/h8-9,12-13,17-20,23-24,28,34,37,40-43H,10-11,14-16,21-22,25-27,29-31,53H2,1-7H3,(H,54,63)(H,55,62)(H,56,61)(H2,57,58,65)/t34?,37?,40-,41-,42-,43-/m0/s1. The van der Waals surface area contributed by atoms with Crippen LogP contribution in [0.25, 0.3) is 10.8 Å². The molecule has 366 valence electrons. The molecule has 16 heteroatoms. The first-order chi connectivity index (χ1) is 31.5. The normalized spacial score (nSPS) is 16.9. The molecule has 1 aliphatic rings. The third-order valence-electron chi connectivity index (χ3n) is 11.4. The molecular weight excluding hydrogens is 967 g/mol. The second kappa shape index (κ2) is 25.9. The molecule has 3 aromatic carbocycles. The molecule has 4 rings (SSSR count). The van der Waals surface area contributed by atoms with Crippen molar-refractivity contribution in [1.82, 2.24) is 26.6 Å².